The Kier molecular flexibility index (Phi) is 5.31. The van der Waals surface area contributed by atoms with E-state index in [-0.39, 0.29) is 18.1 Å². The minimum Gasteiger partial charge on any atom is -0.320 e. The van der Waals surface area contributed by atoms with Crippen LogP contribution in [0.2, 0.25) is 0 Å². The summed E-state index contributed by atoms with van der Waals surface area (Å²) in [5, 5.41) is 3.17. The van der Waals surface area contributed by atoms with E-state index in [0.717, 1.165) is 12.8 Å². The van der Waals surface area contributed by atoms with Gasteiger partial charge in [0.2, 0.25) is 5.91 Å². The highest BCUT2D eigenvalue weighted by Crippen LogP contribution is 2.20. The highest BCUT2D eigenvalue weighted by molar-refractivity contribution is 5.84. The molecule has 1 heterocycles. The van der Waals surface area contributed by atoms with Crippen LogP contribution in [0.1, 0.15) is 40.0 Å². The summed E-state index contributed by atoms with van der Waals surface area (Å²) in [5.74, 6) is 0.207. The number of hydrogen-bond donors (Lipinski definition) is 1. The highest BCUT2D eigenvalue weighted by Gasteiger charge is 2.39. The number of carbonyl (C=O) groups is 1. The molecule has 5 heteroatoms. The van der Waals surface area contributed by atoms with Crippen LogP contribution in [-0.2, 0) is 4.79 Å². The molecule has 1 fully saturated rings. The number of carbonyl (C=O) groups excluding carboxylic acids is 1. The van der Waals surface area contributed by atoms with Crippen LogP contribution in [0.25, 0.3) is 0 Å². The number of alkyl halides is 2. The van der Waals surface area contributed by atoms with Gasteiger partial charge in [-0.15, -0.1) is 0 Å². The maximum Gasteiger partial charge on any atom is 0.255 e. The van der Waals surface area contributed by atoms with Gasteiger partial charge < -0.3 is 4.90 Å². The summed E-state index contributed by atoms with van der Waals surface area (Å²) in [6, 6.07) is -0.275. The second-order valence-electron chi connectivity index (χ2n) is 5.03. The van der Waals surface area contributed by atoms with Crippen molar-refractivity contribution in [1.82, 2.24) is 10.2 Å². The van der Waals surface area contributed by atoms with Crippen LogP contribution in [0.15, 0.2) is 0 Å². The quantitative estimate of drug-likeness (QED) is 0.781. The van der Waals surface area contributed by atoms with Crippen LogP contribution in [0.3, 0.4) is 0 Å². The first-order chi connectivity index (χ1) is 7.95. The zero-order chi connectivity index (χ0) is 13.0. The Morgan fingerprint density at radius 1 is 1.41 bits per heavy atom. The first-order valence-electron chi connectivity index (χ1n) is 6.30. The van der Waals surface area contributed by atoms with Crippen molar-refractivity contribution in [2.45, 2.75) is 58.7 Å². The number of hydrogen-bond acceptors (Lipinski definition) is 2. The van der Waals surface area contributed by atoms with Gasteiger partial charge in [-0.3, -0.25) is 10.1 Å². The largest absolute Gasteiger partial charge is 0.320 e. The molecule has 1 rings (SSSR count). The molecule has 0 bridgehead atoms. The van der Waals surface area contributed by atoms with Crippen LogP contribution >= 0.6 is 0 Å². The molecule has 2 atom stereocenters. The maximum absolute atomic E-state index is 12.5. The Balaban J connectivity index is 2.68. The summed E-state index contributed by atoms with van der Waals surface area (Å²) in [6.45, 7) is 5.59. The van der Waals surface area contributed by atoms with E-state index in [9.17, 15) is 13.6 Å². The van der Waals surface area contributed by atoms with Crippen LogP contribution < -0.4 is 5.32 Å². The zero-order valence-corrected chi connectivity index (χ0v) is 10.7. The lowest BCUT2D eigenvalue weighted by molar-refractivity contribution is -0.132. The average molecular weight is 248 g/mol. The van der Waals surface area contributed by atoms with Gasteiger partial charge in [0.05, 0.1) is 18.8 Å². The summed E-state index contributed by atoms with van der Waals surface area (Å²) in [5.41, 5.74) is 0. The Hall–Kier alpha value is -0.710. The molecule has 0 saturated carbocycles. The smallest absolute Gasteiger partial charge is 0.255 e. The molecule has 3 nitrogen and oxygen atoms in total. The van der Waals surface area contributed by atoms with E-state index in [1.165, 1.54) is 4.90 Å². The number of nitrogens with zero attached hydrogens (tertiary/aromatic N) is 1. The summed E-state index contributed by atoms with van der Waals surface area (Å²) in [7, 11) is 0. The molecule has 100 valence electrons. The molecule has 0 radical (unpaired) electrons. The van der Waals surface area contributed by atoms with Gasteiger partial charge in [0.15, 0.2) is 0 Å². The third kappa shape index (κ3) is 3.91. The lowest BCUT2D eigenvalue weighted by Crippen LogP contribution is -2.41. The molecule has 17 heavy (non-hydrogen) atoms. The summed E-state index contributed by atoms with van der Waals surface area (Å²) in [6.07, 6.45) is -0.379. The van der Waals surface area contributed by atoms with Crippen LogP contribution in [0.5, 0.6) is 0 Å². The van der Waals surface area contributed by atoms with Crippen LogP contribution in [0, 0.1) is 5.92 Å². The fourth-order valence-corrected chi connectivity index (χ4v) is 2.25. The molecule has 1 N–H and O–H groups in total. The molecule has 0 aliphatic carbocycles. The van der Waals surface area contributed by atoms with Crippen LogP contribution in [-0.4, -0.2) is 36.0 Å². The topological polar surface area (TPSA) is 32.3 Å². The van der Waals surface area contributed by atoms with E-state index < -0.39 is 13.0 Å². The van der Waals surface area contributed by atoms with Crippen molar-refractivity contribution in [2.24, 2.45) is 5.92 Å². The minimum absolute atomic E-state index is 0.169. The van der Waals surface area contributed by atoms with Gasteiger partial charge in [-0.1, -0.05) is 27.2 Å². The van der Waals surface area contributed by atoms with Gasteiger partial charge in [-0.05, 0) is 18.8 Å². The fourth-order valence-electron chi connectivity index (χ4n) is 2.25. The minimum atomic E-state index is -2.46. The third-order valence-corrected chi connectivity index (χ3v) is 2.96. The normalized spacial score (nSPS) is 25.4. The number of rotatable bonds is 6. The van der Waals surface area contributed by atoms with E-state index in [2.05, 4.69) is 5.32 Å². The van der Waals surface area contributed by atoms with Gasteiger partial charge >= 0.3 is 0 Å². The summed E-state index contributed by atoms with van der Waals surface area (Å²) in [4.78, 5) is 13.3. The highest BCUT2D eigenvalue weighted by atomic mass is 19.3. The Bertz CT molecular complexity index is 259. The van der Waals surface area contributed by atoms with Crippen molar-refractivity contribution in [3.05, 3.63) is 0 Å². The van der Waals surface area contributed by atoms with E-state index in [0.29, 0.717) is 12.3 Å². The lowest BCUT2D eigenvalue weighted by Gasteiger charge is -2.25. The predicted octanol–water partition coefficient (Wildman–Crippen LogP) is 2.22. The van der Waals surface area contributed by atoms with Gasteiger partial charge in [0.1, 0.15) is 0 Å². The SMILES string of the molecule is CCCC1NC(CC(C)C)N(CC(F)F)C1=O. The molecule has 1 saturated heterocycles. The molecular weight excluding hydrogens is 226 g/mol. The van der Waals surface area contributed by atoms with Crippen LogP contribution in [0.4, 0.5) is 8.78 Å². The molecule has 0 aromatic rings. The Labute approximate surface area is 102 Å². The van der Waals surface area contributed by atoms with Crippen molar-refractivity contribution in [1.29, 1.82) is 0 Å². The first kappa shape index (κ1) is 14.4. The monoisotopic (exact) mass is 248 g/mol. The average Bonchev–Trinajstić information content (AvgIpc) is 2.46. The first-order valence-corrected chi connectivity index (χ1v) is 6.30. The Morgan fingerprint density at radius 2 is 2.06 bits per heavy atom. The standard InChI is InChI=1S/C12H22F2N2O/c1-4-5-9-12(17)16(7-10(13)14)11(15-9)6-8(2)3/h8-11,15H,4-7H2,1-3H3. The van der Waals surface area contributed by atoms with Crippen molar-refractivity contribution in [3.63, 3.8) is 0 Å². The van der Waals surface area contributed by atoms with Gasteiger partial charge in [0.25, 0.3) is 6.43 Å². The second-order valence-corrected chi connectivity index (χ2v) is 5.03. The fraction of sp³-hybridized carbons (Fsp3) is 0.917. The van der Waals surface area contributed by atoms with Crippen molar-refractivity contribution in [2.75, 3.05) is 6.54 Å². The Morgan fingerprint density at radius 3 is 2.53 bits per heavy atom. The molecule has 1 amide bonds. The van der Waals surface area contributed by atoms with Crippen molar-refractivity contribution >= 4 is 5.91 Å². The van der Waals surface area contributed by atoms with E-state index >= 15 is 0 Å². The molecule has 1 aliphatic rings. The second kappa shape index (κ2) is 6.28. The van der Waals surface area contributed by atoms with Crippen molar-refractivity contribution < 1.29 is 13.6 Å². The number of amides is 1. The molecule has 0 aromatic heterocycles. The molecular formula is C12H22F2N2O. The van der Waals surface area contributed by atoms with Gasteiger partial charge in [0, 0.05) is 0 Å². The van der Waals surface area contributed by atoms with Crippen molar-refractivity contribution in [3.8, 4) is 0 Å². The molecule has 2 unspecified atom stereocenters. The third-order valence-electron chi connectivity index (χ3n) is 2.96. The van der Waals surface area contributed by atoms with Gasteiger partial charge in [-0.2, -0.15) is 0 Å². The lowest BCUT2D eigenvalue weighted by atomic mass is 10.1. The summed E-state index contributed by atoms with van der Waals surface area (Å²) < 4.78 is 24.9. The van der Waals surface area contributed by atoms with E-state index in [1.54, 1.807) is 0 Å². The maximum atomic E-state index is 12.5. The zero-order valence-electron chi connectivity index (χ0n) is 10.7. The molecule has 0 spiro atoms. The van der Waals surface area contributed by atoms with Gasteiger partial charge in [-0.25, -0.2) is 8.78 Å². The summed E-state index contributed by atoms with van der Waals surface area (Å²) >= 11 is 0. The van der Waals surface area contributed by atoms with E-state index in [4.69, 9.17) is 0 Å². The number of nitrogens with one attached hydrogen (secondary N) is 1. The van der Waals surface area contributed by atoms with E-state index in [1.807, 2.05) is 20.8 Å². The number of halogens is 2. The molecule has 1 aliphatic heterocycles. The molecule has 0 aromatic carbocycles. The predicted molar refractivity (Wildman–Crippen MR) is 62.8 cm³/mol.